The SMILES string of the molecule is C[CH](C)[Ge]([CH](C)C)=[Si]([Si](C(C)C)(C(C)C)C(C)C)[Si](C(C)C)(C(C)C)C(C)C. The van der Waals surface area contributed by atoms with E-state index in [1.807, 2.05) is 0 Å². The van der Waals surface area contributed by atoms with Crippen LogP contribution in [0.25, 0.3) is 0 Å². The van der Waals surface area contributed by atoms with Crippen LogP contribution in [0.15, 0.2) is 0 Å². The Morgan fingerprint density at radius 2 is 0.571 bits per heavy atom. The van der Waals surface area contributed by atoms with Crippen molar-refractivity contribution in [3.8, 4) is 0 Å². The van der Waals surface area contributed by atoms with E-state index in [2.05, 4.69) is 111 Å². The molecule has 0 rings (SSSR count). The van der Waals surface area contributed by atoms with Crippen molar-refractivity contribution in [2.75, 3.05) is 0 Å². The van der Waals surface area contributed by atoms with E-state index in [4.69, 9.17) is 0 Å². The van der Waals surface area contributed by atoms with Crippen molar-refractivity contribution in [3.63, 3.8) is 0 Å². The fraction of sp³-hybridized carbons (Fsp3) is 1.00. The molecule has 0 nitrogen and oxygen atoms in total. The first-order valence-electron chi connectivity index (χ1n) is 12.3. The monoisotopic (exact) mass is 502 g/mol. The Morgan fingerprint density at radius 1 is 0.393 bits per heavy atom. The summed E-state index contributed by atoms with van der Waals surface area (Å²) >= 11 is -1.22. The Balaban J connectivity index is 7.95. The second-order valence-corrected chi connectivity index (χ2v) is 52.2. The van der Waals surface area contributed by atoms with E-state index in [1.54, 1.807) is 0 Å². The second kappa shape index (κ2) is 11.2. The summed E-state index contributed by atoms with van der Waals surface area (Å²) in [5.41, 5.74) is 5.61. The van der Waals surface area contributed by atoms with Gasteiger partial charge in [0.25, 0.3) is 0 Å². The molecule has 0 aliphatic carbocycles. The molecule has 0 aromatic rings. The van der Waals surface area contributed by atoms with E-state index in [0.717, 1.165) is 42.7 Å². The molecule has 0 radical (unpaired) electrons. The quantitative estimate of drug-likeness (QED) is 0.262. The average Bonchev–Trinajstić information content (AvgIpc) is 2.44. The van der Waals surface area contributed by atoms with E-state index in [9.17, 15) is 0 Å². The molecule has 0 saturated carbocycles. The Kier molecular flexibility index (Phi) is 11.7. The zero-order chi connectivity index (χ0) is 22.8. The molecular formula is C24H56GeSi3. The zero-order valence-electron chi connectivity index (χ0n) is 22.6. The van der Waals surface area contributed by atoms with Gasteiger partial charge < -0.3 is 0 Å². The van der Waals surface area contributed by atoms with Gasteiger partial charge in [-0.05, 0) is 0 Å². The molecule has 0 spiro atoms. The van der Waals surface area contributed by atoms with Gasteiger partial charge in [-0.15, -0.1) is 0 Å². The molecule has 28 heavy (non-hydrogen) atoms. The van der Waals surface area contributed by atoms with Crippen molar-refractivity contribution in [3.05, 3.63) is 0 Å². The van der Waals surface area contributed by atoms with E-state index < -0.39 is 28.4 Å². The molecular weight excluding hydrogens is 445 g/mol. The van der Waals surface area contributed by atoms with Crippen LogP contribution in [-0.4, -0.2) is 34.3 Å². The van der Waals surface area contributed by atoms with Crippen molar-refractivity contribution in [1.29, 1.82) is 0 Å². The number of hydrogen-bond acceptors (Lipinski definition) is 0. The molecule has 0 aromatic heterocycles. The third-order valence-corrected chi connectivity index (χ3v) is 85.5. The van der Waals surface area contributed by atoms with Gasteiger partial charge in [0.1, 0.15) is 0 Å². The minimum absolute atomic E-state index is 0.330. The van der Waals surface area contributed by atoms with Gasteiger partial charge in [0, 0.05) is 0 Å². The fourth-order valence-corrected chi connectivity index (χ4v) is 140. The molecule has 4 heteroatoms. The van der Waals surface area contributed by atoms with Gasteiger partial charge >= 0.3 is 188 Å². The van der Waals surface area contributed by atoms with Crippen LogP contribution in [0.2, 0.25) is 42.7 Å². The topological polar surface area (TPSA) is 0 Å². The summed E-state index contributed by atoms with van der Waals surface area (Å²) in [5, 5.41) is 0. The first-order chi connectivity index (χ1) is 12.5. The summed E-state index contributed by atoms with van der Waals surface area (Å²) in [6.45, 7) is 42.5. The van der Waals surface area contributed by atoms with E-state index in [0.29, 0.717) is 0 Å². The van der Waals surface area contributed by atoms with Crippen LogP contribution in [0, 0.1) is 0 Å². The summed E-state index contributed by atoms with van der Waals surface area (Å²) in [7, 11) is -2.86. The maximum absolute atomic E-state index is 2.66. The second-order valence-electron chi connectivity index (χ2n) is 11.9. The summed E-state index contributed by atoms with van der Waals surface area (Å²) in [6, 6.07) is 0. The van der Waals surface area contributed by atoms with Crippen molar-refractivity contribution in [2.45, 2.75) is 154 Å². The Morgan fingerprint density at radius 3 is 0.679 bits per heavy atom. The van der Waals surface area contributed by atoms with Crippen LogP contribution in [-0.2, 0) is 0 Å². The molecule has 0 amide bonds. The van der Waals surface area contributed by atoms with Gasteiger partial charge in [-0.2, -0.15) is 0 Å². The number of hydrogen-bond donors (Lipinski definition) is 0. The summed E-state index contributed by atoms with van der Waals surface area (Å²) in [6.07, 6.45) is 0. The van der Waals surface area contributed by atoms with E-state index in [-0.39, 0.29) is 5.89 Å². The average molecular weight is 502 g/mol. The minimum atomic E-state index is -1.43. The van der Waals surface area contributed by atoms with Gasteiger partial charge in [0.05, 0.1) is 0 Å². The normalized spacial score (nSPS) is 14.1. The Hall–Kier alpha value is 1.19. The van der Waals surface area contributed by atoms with Crippen LogP contribution in [0.5, 0.6) is 0 Å². The molecule has 168 valence electrons. The summed E-state index contributed by atoms with van der Waals surface area (Å²) < 4.78 is 1.97. The van der Waals surface area contributed by atoms with Gasteiger partial charge in [0.15, 0.2) is 0 Å². The molecule has 0 atom stereocenters. The number of rotatable bonds is 10. The predicted molar refractivity (Wildman–Crippen MR) is 144 cm³/mol. The van der Waals surface area contributed by atoms with Crippen LogP contribution >= 0.6 is 0 Å². The molecule has 0 aromatic carbocycles. The third kappa shape index (κ3) is 4.98. The van der Waals surface area contributed by atoms with Gasteiger partial charge in [-0.25, -0.2) is 0 Å². The third-order valence-electron chi connectivity index (χ3n) is 8.13. The standard InChI is InChI=1S/C24H56GeSi3/c1-17(2)25(18(3)4)26(27(19(5)6,20(7)8)21(9)10)28(22(11)12,23(13)14)24(15)16/h17-24H,1-16H3. The van der Waals surface area contributed by atoms with E-state index >= 15 is 0 Å². The van der Waals surface area contributed by atoms with Crippen LogP contribution in [0.1, 0.15) is 111 Å². The molecule has 0 aliphatic heterocycles. The maximum atomic E-state index is 2.66. The van der Waals surface area contributed by atoms with Gasteiger partial charge in [-0.1, -0.05) is 0 Å². The van der Waals surface area contributed by atoms with Crippen LogP contribution in [0.4, 0.5) is 0 Å². The fourth-order valence-electron chi connectivity index (χ4n) is 7.85. The molecule has 0 unspecified atom stereocenters. The predicted octanol–water partition coefficient (Wildman–Crippen LogP) is 9.39. The molecule has 0 N–H and O–H groups in total. The molecule has 0 bridgehead atoms. The summed E-state index contributed by atoms with van der Waals surface area (Å²) in [5.74, 6) is -0.330. The van der Waals surface area contributed by atoms with Crippen LogP contribution < -0.4 is 0 Å². The van der Waals surface area contributed by atoms with Gasteiger partial charge in [0.2, 0.25) is 0 Å². The molecule has 0 heterocycles. The van der Waals surface area contributed by atoms with E-state index in [1.165, 1.54) is 0 Å². The first-order valence-corrected chi connectivity index (χ1v) is 25.8. The van der Waals surface area contributed by atoms with Crippen LogP contribution in [0.3, 0.4) is 0 Å². The molecule has 0 aliphatic rings. The molecule has 0 saturated heterocycles. The zero-order valence-corrected chi connectivity index (χ0v) is 27.7. The Labute approximate surface area is 187 Å². The first kappa shape index (κ1) is 29.2. The van der Waals surface area contributed by atoms with Gasteiger partial charge in [-0.3, -0.25) is 0 Å². The van der Waals surface area contributed by atoms with Crippen molar-refractivity contribution < 1.29 is 0 Å². The van der Waals surface area contributed by atoms with Crippen molar-refractivity contribution in [2.24, 2.45) is 0 Å². The summed E-state index contributed by atoms with van der Waals surface area (Å²) in [4.78, 5) is 0. The van der Waals surface area contributed by atoms with Crippen molar-refractivity contribution in [1.82, 2.24) is 0 Å². The van der Waals surface area contributed by atoms with Crippen molar-refractivity contribution >= 4 is 34.3 Å². The molecule has 0 fully saturated rings. The Bertz CT molecular complexity index is 426.